The summed E-state index contributed by atoms with van der Waals surface area (Å²) in [7, 11) is 0. The van der Waals surface area contributed by atoms with E-state index < -0.39 is 0 Å². The van der Waals surface area contributed by atoms with E-state index in [1.54, 1.807) is 6.20 Å². The molecule has 0 radical (unpaired) electrons. The molecule has 88 valence electrons. The Balaban J connectivity index is 2.22. The van der Waals surface area contributed by atoms with E-state index in [1.807, 2.05) is 6.92 Å². The van der Waals surface area contributed by atoms with Gasteiger partial charge < -0.3 is 15.9 Å². The first-order valence-corrected chi connectivity index (χ1v) is 5.50. The summed E-state index contributed by atoms with van der Waals surface area (Å²) in [6.45, 7) is 5.72. The smallest absolute Gasteiger partial charge is 0.0599 e. The highest BCUT2D eigenvalue weighted by molar-refractivity contribution is 4.97. The van der Waals surface area contributed by atoms with Crippen LogP contribution in [0, 0.1) is 0 Å². The Kier molecular flexibility index (Phi) is 5.45. The van der Waals surface area contributed by atoms with Crippen LogP contribution in [0.15, 0.2) is 11.9 Å². The van der Waals surface area contributed by atoms with Crippen molar-refractivity contribution in [1.29, 1.82) is 0 Å². The van der Waals surface area contributed by atoms with Crippen molar-refractivity contribution < 1.29 is 4.74 Å². The summed E-state index contributed by atoms with van der Waals surface area (Å²) in [5.41, 5.74) is 8.97. The number of rotatable bonds is 5. The highest BCUT2D eigenvalue weighted by Crippen LogP contribution is 2.13. The molecule has 5 N–H and O–H groups in total. The molecule has 0 bridgehead atoms. The van der Waals surface area contributed by atoms with Crippen molar-refractivity contribution in [3.63, 3.8) is 0 Å². The van der Waals surface area contributed by atoms with Crippen LogP contribution < -0.4 is 17.0 Å². The molecule has 1 fully saturated rings. The number of nitrogens with one attached hydrogen (secondary N) is 1. The van der Waals surface area contributed by atoms with E-state index in [0.29, 0.717) is 6.10 Å². The molecule has 0 unspecified atom stereocenters. The average molecular weight is 214 g/mol. The van der Waals surface area contributed by atoms with Crippen molar-refractivity contribution in [2.45, 2.75) is 25.9 Å². The summed E-state index contributed by atoms with van der Waals surface area (Å²) in [5.74, 6) is 5.15. The molecule has 0 spiro atoms. The van der Waals surface area contributed by atoms with Crippen LogP contribution in [0.5, 0.6) is 0 Å². The molecule has 0 saturated carbocycles. The van der Waals surface area contributed by atoms with E-state index in [2.05, 4.69) is 10.3 Å². The van der Waals surface area contributed by atoms with Gasteiger partial charge in [0.1, 0.15) is 0 Å². The van der Waals surface area contributed by atoms with Gasteiger partial charge in [-0.2, -0.15) is 0 Å². The summed E-state index contributed by atoms with van der Waals surface area (Å²) >= 11 is 0. The minimum absolute atomic E-state index is 0.434. The summed E-state index contributed by atoms with van der Waals surface area (Å²) < 4.78 is 5.58. The third kappa shape index (κ3) is 4.51. The molecule has 1 heterocycles. The van der Waals surface area contributed by atoms with Gasteiger partial charge in [0.15, 0.2) is 0 Å². The lowest BCUT2D eigenvalue weighted by molar-refractivity contribution is 0.0161. The van der Waals surface area contributed by atoms with Crippen LogP contribution >= 0.6 is 0 Å². The predicted molar refractivity (Wildman–Crippen MR) is 60.7 cm³/mol. The SMILES string of the molecule is CCOC1CCN(C/C(N)=C/NN)CC1. The monoisotopic (exact) mass is 214 g/mol. The number of nitrogens with two attached hydrogens (primary N) is 2. The Morgan fingerprint density at radius 1 is 1.53 bits per heavy atom. The van der Waals surface area contributed by atoms with Crippen LogP contribution in [0.25, 0.3) is 0 Å². The number of hydrazine groups is 1. The van der Waals surface area contributed by atoms with Crippen molar-refractivity contribution in [2.75, 3.05) is 26.2 Å². The number of hydrogen-bond donors (Lipinski definition) is 3. The third-order valence-electron chi connectivity index (χ3n) is 2.61. The van der Waals surface area contributed by atoms with Crippen LogP contribution in [0.4, 0.5) is 0 Å². The second-order valence-electron chi connectivity index (χ2n) is 3.82. The van der Waals surface area contributed by atoms with Crippen LogP contribution in [-0.2, 0) is 4.74 Å². The maximum Gasteiger partial charge on any atom is 0.0599 e. The highest BCUT2D eigenvalue weighted by atomic mass is 16.5. The zero-order valence-electron chi connectivity index (χ0n) is 9.41. The van der Waals surface area contributed by atoms with Gasteiger partial charge in [0, 0.05) is 38.1 Å². The standard InChI is InChI=1S/C10H22N4O/c1-2-15-10-3-5-14(6-4-10)8-9(11)7-13-12/h7,10,13H,2-6,8,11-12H2,1H3/b9-7-. The number of ether oxygens (including phenoxy) is 1. The molecule has 1 aliphatic rings. The first-order valence-electron chi connectivity index (χ1n) is 5.50. The van der Waals surface area contributed by atoms with Gasteiger partial charge >= 0.3 is 0 Å². The largest absolute Gasteiger partial charge is 0.400 e. The lowest BCUT2D eigenvalue weighted by atomic mass is 10.1. The van der Waals surface area contributed by atoms with E-state index in [4.69, 9.17) is 16.3 Å². The number of piperidine rings is 1. The molecular formula is C10H22N4O. The molecule has 0 aliphatic carbocycles. The number of hydrogen-bond acceptors (Lipinski definition) is 5. The zero-order valence-corrected chi connectivity index (χ0v) is 9.41. The molecule has 5 heteroatoms. The van der Waals surface area contributed by atoms with Gasteiger partial charge in [-0.05, 0) is 19.8 Å². The summed E-state index contributed by atoms with van der Waals surface area (Å²) in [5, 5.41) is 0. The minimum atomic E-state index is 0.434. The van der Waals surface area contributed by atoms with Gasteiger partial charge in [0.25, 0.3) is 0 Å². The van der Waals surface area contributed by atoms with E-state index in [0.717, 1.165) is 44.8 Å². The fraction of sp³-hybridized carbons (Fsp3) is 0.800. The molecular weight excluding hydrogens is 192 g/mol. The van der Waals surface area contributed by atoms with E-state index in [1.165, 1.54) is 0 Å². The first-order chi connectivity index (χ1) is 7.26. The van der Waals surface area contributed by atoms with Crippen LogP contribution in [0.2, 0.25) is 0 Å². The summed E-state index contributed by atoms with van der Waals surface area (Å²) in [6, 6.07) is 0. The molecule has 1 rings (SSSR count). The number of nitrogens with zero attached hydrogens (tertiary/aromatic N) is 1. The second-order valence-corrected chi connectivity index (χ2v) is 3.82. The molecule has 15 heavy (non-hydrogen) atoms. The Morgan fingerprint density at radius 3 is 2.73 bits per heavy atom. The lowest BCUT2D eigenvalue weighted by Crippen LogP contribution is -2.39. The van der Waals surface area contributed by atoms with Crippen molar-refractivity contribution in [2.24, 2.45) is 11.6 Å². The van der Waals surface area contributed by atoms with Gasteiger partial charge in [-0.3, -0.25) is 10.7 Å². The van der Waals surface area contributed by atoms with Crippen LogP contribution in [0.1, 0.15) is 19.8 Å². The number of likely N-dealkylation sites (tertiary alicyclic amines) is 1. The third-order valence-corrected chi connectivity index (χ3v) is 2.61. The molecule has 0 aromatic rings. The molecule has 1 aliphatic heterocycles. The Bertz CT molecular complexity index is 200. The van der Waals surface area contributed by atoms with Crippen LogP contribution in [0.3, 0.4) is 0 Å². The fourth-order valence-electron chi connectivity index (χ4n) is 1.88. The lowest BCUT2D eigenvalue weighted by Gasteiger charge is -2.31. The molecule has 0 atom stereocenters. The average Bonchev–Trinajstić information content (AvgIpc) is 2.22. The van der Waals surface area contributed by atoms with E-state index in [9.17, 15) is 0 Å². The molecule has 1 saturated heterocycles. The Hall–Kier alpha value is -0.780. The van der Waals surface area contributed by atoms with Gasteiger partial charge in [0.05, 0.1) is 6.10 Å². The summed E-state index contributed by atoms with van der Waals surface area (Å²) in [6.07, 6.45) is 4.26. The van der Waals surface area contributed by atoms with Gasteiger partial charge in [-0.15, -0.1) is 0 Å². The second kappa shape index (κ2) is 6.66. The van der Waals surface area contributed by atoms with Gasteiger partial charge in [-0.1, -0.05) is 0 Å². The van der Waals surface area contributed by atoms with Gasteiger partial charge in [0.2, 0.25) is 0 Å². The Labute approximate surface area is 91.4 Å². The van der Waals surface area contributed by atoms with Crippen molar-refractivity contribution in [3.05, 3.63) is 11.9 Å². The zero-order chi connectivity index (χ0) is 11.1. The maximum atomic E-state index is 5.75. The van der Waals surface area contributed by atoms with Crippen LogP contribution in [-0.4, -0.2) is 37.2 Å². The first kappa shape index (κ1) is 12.3. The van der Waals surface area contributed by atoms with Crippen molar-refractivity contribution >= 4 is 0 Å². The molecule has 5 nitrogen and oxygen atoms in total. The fourth-order valence-corrected chi connectivity index (χ4v) is 1.88. The van der Waals surface area contributed by atoms with E-state index >= 15 is 0 Å². The highest BCUT2D eigenvalue weighted by Gasteiger charge is 2.18. The van der Waals surface area contributed by atoms with E-state index in [-0.39, 0.29) is 0 Å². The molecule has 0 aromatic heterocycles. The molecule has 0 amide bonds. The summed E-state index contributed by atoms with van der Waals surface area (Å²) in [4.78, 5) is 2.32. The quantitative estimate of drug-likeness (QED) is 0.434. The minimum Gasteiger partial charge on any atom is -0.400 e. The maximum absolute atomic E-state index is 5.75. The molecule has 0 aromatic carbocycles. The topological polar surface area (TPSA) is 76.5 Å². The Morgan fingerprint density at radius 2 is 2.20 bits per heavy atom. The van der Waals surface area contributed by atoms with Gasteiger partial charge in [-0.25, -0.2) is 0 Å². The predicted octanol–water partition coefficient (Wildman–Crippen LogP) is -0.249. The van der Waals surface area contributed by atoms with Crippen molar-refractivity contribution in [3.8, 4) is 0 Å². The van der Waals surface area contributed by atoms with Crippen molar-refractivity contribution in [1.82, 2.24) is 10.3 Å². The normalized spacial score (nSPS) is 20.5.